The lowest BCUT2D eigenvalue weighted by molar-refractivity contribution is -0.144. The van der Waals surface area contributed by atoms with Crippen LogP contribution in [0.1, 0.15) is 40.5 Å². The van der Waals surface area contributed by atoms with Gasteiger partial charge in [-0.05, 0) is 32.6 Å². The lowest BCUT2D eigenvalue weighted by Gasteiger charge is -2.24. The van der Waals surface area contributed by atoms with Crippen LogP contribution in [0.3, 0.4) is 0 Å². The number of alkyl halides is 1. The molecule has 1 saturated heterocycles. The van der Waals surface area contributed by atoms with Crippen molar-refractivity contribution in [3.8, 4) is 0 Å². The van der Waals surface area contributed by atoms with Crippen LogP contribution >= 0.6 is 22.6 Å². The Balaban J connectivity index is 2.93. The van der Waals surface area contributed by atoms with Gasteiger partial charge in [0.2, 0.25) is 0 Å². The van der Waals surface area contributed by atoms with Crippen molar-refractivity contribution in [1.29, 1.82) is 0 Å². The number of cyclic esters (lactones) is 1. The van der Waals surface area contributed by atoms with Crippen molar-refractivity contribution >= 4 is 28.6 Å². The Morgan fingerprint density at radius 1 is 1.47 bits per heavy atom. The van der Waals surface area contributed by atoms with Crippen molar-refractivity contribution < 1.29 is 9.53 Å². The molecule has 98 valence electrons. The van der Waals surface area contributed by atoms with Crippen LogP contribution in [0.2, 0.25) is 0 Å². The molecule has 0 radical (unpaired) electrons. The molecule has 5 atom stereocenters. The summed E-state index contributed by atoms with van der Waals surface area (Å²) in [4.78, 5) is 12.1. The van der Waals surface area contributed by atoms with Gasteiger partial charge in [-0.2, -0.15) is 0 Å². The summed E-state index contributed by atoms with van der Waals surface area (Å²) in [5.41, 5.74) is 0. The largest absolute Gasteiger partial charge is 0.461 e. The third-order valence-corrected chi connectivity index (χ3v) is 4.41. The molecular formula is C14H23IO2. The molecule has 0 spiro atoms. The number of halogens is 1. The van der Waals surface area contributed by atoms with Gasteiger partial charge in [0.15, 0.2) is 0 Å². The molecule has 3 heteroatoms. The monoisotopic (exact) mass is 350 g/mol. The van der Waals surface area contributed by atoms with Crippen molar-refractivity contribution in [3.63, 3.8) is 0 Å². The minimum Gasteiger partial charge on any atom is -0.461 e. The fraction of sp³-hybridized carbons (Fsp3) is 0.786. The average molecular weight is 350 g/mol. The Morgan fingerprint density at radius 2 is 2.12 bits per heavy atom. The molecule has 0 N–H and O–H groups in total. The smallest absolute Gasteiger partial charge is 0.310 e. The minimum absolute atomic E-state index is 0.00955. The van der Waals surface area contributed by atoms with Crippen LogP contribution in [-0.4, -0.2) is 16.0 Å². The van der Waals surface area contributed by atoms with E-state index in [-0.39, 0.29) is 18.0 Å². The molecule has 0 bridgehead atoms. The zero-order chi connectivity index (χ0) is 13.0. The molecule has 0 aromatic carbocycles. The molecule has 1 heterocycles. The van der Waals surface area contributed by atoms with Crippen molar-refractivity contribution in [2.75, 3.05) is 0 Å². The van der Waals surface area contributed by atoms with Crippen LogP contribution in [0.5, 0.6) is 0 Å². The molecule has 2 nitrogen and oxygen atoms in total. The van der Waals surface area contributed by atoms with Crippen LogP contribution in [0, 0.1) is 17.8 Å². The first-order chi connectivity index (χ1) is 8.06. The minimum atomic E-state index is 0.00955. The van der Waals surface area contributed by atoms with E-state index in [2.05, 4.69) is 55.5 Å². The van der Waals surface area contributed by atoms with Crippen LogP contribution in [0.15, 0.2) is 12.2 Å². The maximum absolute atomic E-state index is 12.1. The molecule has 0 unspecified atom stereocenters. The summed E-state index contributed by atoms with van der Waals surface area (Å²) in [6.07, 6.45) is 6.33. The van der Waals surface area contributed by atoms with Crippen molar-refractivity contribution in [2.24, 2.45) is 17.8 Å². The molecule has 0 aromatic rings. The standard InChI is InChI=1S/C14H23IO2/c1-5-8-10(6-2)12-11(7-3)13(9(4)15)17-14(12)16/h5,8-13H,6-7H2,1-4H3/b8-5+/t9-,10-,11+,12+,13-/m1/s1. The van der Waals surface area contributed by atoms with E-state index in [9.17, 15) is 4.79 Å². The lowest BCUT2D eigenvalue weighted by Crippen LogP contribution is -2.29. The maximum Gasteiger partial charge on any atom is 0.310 e. The normalized spacial score (nSPS) is 32.8. The molecule has 1 aliphatic rings. The summed E-state index contributed by atoms with van der Waals surface area (Å²) in [7, 11) is 0. The summed E-state index contributed by atoms with van der Waals surface area (Å²) < 4.78 is 5.97. The Labute approximate surface area is 118 Å². The average Bonchev–Trinajstić information content (AvgIpc) is 2.63. The highest BCUT2D eigenvalue weighted by Crippen LogP contribution is 2.40. The third kappa shape index (κ3) is 3.24. The predicted octanol–water partition coefficient (Wildman–Crippen LogP) is 3.98. The van der Waals surface area contributed by atoms with Gasteiger partial charge in [0.05, 0.1) is 5.92 Å². The van der Waals surface area contributed by atoms with E-state index >= 15 is 0 Å². The fourth-order valence-corrected chi connectivity index (χ4v) is 3.53. The maximum atomic E-state index is 12.1. The van der Waals surface area contributed by atoms with E-state index in [4.69, 9.17) is 4.74 Å². The Morgan fingerprint density at radius 3 is 2.53 bits per heavy atom. The second kappa shape index (κ2) is 6.76. The molecule has 0 aliphatic carbocycles. The first kappa shape index (κ1) is 15.0. The summed E-state index contributed by atoms with van der Waals surface area (Å²) in [5, 5.41) is 0. The molecule has 0 amide bonds. The molecular weight excluding hydrogens is 327 g/mol. The highest BCUT2D eigenvalue weighted by Gasteiger charge is 2.47. The second-order valence-electron chi connectivity index (χ2n) is 4.77. The van der Waals surface area contributed by atoms with Gasteiger partial charge < -0.3 is 4.74 Å². The number of hydrogen-bond donors (Lipinski definition) is 0. The van der Waals surface area contributed by atoms with Gasteiger partial charge in [-0.15, -0.1) is 0 Å². The third-order valence-electron chi connectivity index (χ3n) is 3.70. The second-order valence-corrected chi connectivity index (χ2v) is 6.74. The summed E-state index contributed by atoms with van der Waals surface area (Å²) in [6, 6.07) is 0. The van der Waals surface area contributed by atoms with E-state index < -0.39 is 0 Å². The summed E-state index contributed by atoms with van der Waals surface area (Å²) in [5.74, 6) is 0.770. The number of carbonyl (C=O) groups excluding carboxylic acids is 1. The molecule has 17 heavy (non-hydrogen) atoms. The van der Waals surface area contributed by atoms with Crippen LogP contribution in [0.25, 0.3) is 0 Å². The van der Waals surface area contributed by atoms with Gasteiger partial charge in [-0.3, -0.25) is 4.79 Å². The zero-order valence-corrected chi connectivity index (χ0v) is 13.3. The van der Waals surface area contributed by atoms with E-state index in [0.717, 1.165) is 12.8 Å². The van der Waals surface area contributed by atoms with Crippen molar-refractivity contribution in [2.45, 2.75) is 50.6 Å². The molecule has 1 rings (SSSR count). The number of rotatable bonds is 5. The molecule has 0 aromatic heterocycles. The quantitative estimate of drug-likeness (QED) is 0.325. The summed E-state index contributed by atoms with van der Waals surface area (Å²) in [6.45, 7) is 8.45. The van der Waals surface area contributed by atoms with Gasteiger partial charge in [0.25, 0.3) is 0 Å². The first-order valence-electron chi connectivity index (χ1n) is 6.54. The van der Waals surface area contributed by atoms with Gasteiger partial charge in [0.1, 0.15) is 6.10 Å². The molecule has 0 saturated carbocycles. The molecule has 1 fully saturated rings. The van der Waals surface area contributed by atoms with Gasteiger partial charge >= 0.3 is 5.97 Å². The lowest BCUT2D eigenvalue weighted by atomic mass is 9.77. The number of allylic oxidation sites excluding steroid dienone is 2. The number of esters is 1. The highest BCUT2D eigenvalue weighted by molar-refractivity contribution is 14.1. The number of carbonyl (C=O) groups is 1. The van der Waals surface area contributed by atoms with E-state index in [0.29, 0.717) is 15.8 Å². The Kier molecular flexibility index (Phi) is 5.97. The Bertz CT molecular complexity index is 286. The van der Waals surface area contributed by atoms with E-state index in [1.54, 1.807) is 0 Å². The van der Waals surface area contributed by atoms with Gasteiger partial charge in [0, 0.05) is 9.84 Å². The van der Waals surface area contributed by atoms with Gasteiger partial charge in [-0.25, -0.2) is 0 Å². The zero-order valence-electron chi connectivity index (χ0n) is 11.2. The van der Waals surface area contributed by atoms with Gasteiger partial charge in [-0.1, -0.05) is 48.6 Å². The van der Waals surface area contributed by atoms with Crippen molar-refractivity contribution in [3.05, 3.63) is 12.2 Å². The SMILES string of the molecule is C/C=C/[C@@H](CC)[C@@H]1C(=O)O[C@H]([C@@H](C)I)[C@H]1CC. The predicted molar refractivity (Wildman–Crippen MR) is 79.2 cm³/mol. The number of ether oxygens (including phenoxy) is 1. The fourth-order valence-electron chi connectivity index (χ4n) is 2.85. The number of hydrogen-bond acceptors (Lipinski definition) is 2. The van der Waals surface area contributed by atoms with Crippen LogP contribution in [0.4, 0.5) is 0 Å². The van der Waals surface area contributed by atoms with Crippen LogP contribution < -0.4 is 0 Å². The topological polar surface area (TPSA) is 26.3 Å². The van der Waals surface area contributed by atoms with Crippen molar-refractivity contribution in [1.82, 2.24) is 0 Å². The van der Waals surface area contributed by atoms with Crippen LogP contribution in [-0.2, 0) is 9.53 Å². The first-order valence-corrected chi connectivity index (χ1v) is 7.78. The highest BCUT2D eigenvalue weighted by atomic mass is 127. The molecule has 1 aliphatic heterocycles. The Hall–Kier alpha value is -0.0600. The van der Waals surface area contributed by atoms with E-state index in [1.165, 1.54) is 0 Å². The van der Waals surface area contributed by atoms with E-state index in [1.807, 2.05) is 6.92 Å². The summed E-state index contributed by atoms with van der Waals surface area (Å²) >= 11 is 2.36.